The predicted octanol–water partition coefficient (Wildman–Crippen LogP) is 1.13. The van der Waals surface area contributed by atoms with E-state index in [1.165, 1.54) is 0 Å². The van der Waals surface area contributed by atoms with Gasteiger partial charge in [-0.1, -0.05) is 11.6 Å². The number of carbonyl (C=O) groups excluding carboxylic acids is 1. The van der Waals surface area contributed by atoms with Crippen LogP contribution in [0.15, 0.2) is 12.3 Å². The van der Waals surface area contributed by atoms with Crippen molar-refractivity contribution in [1.82, 2.24) is 10.3 Å². The summed E-state index contributed by atoms with van der Waals surface area (Å²) in [7, 11) is 0. The molecule has 6 heteroatoms. The number of carbonyl (C=O) groups is 1. The first kappa shape index (κ1) is 10.4. The molecule has 4 nitrogen and oxygen atoms in total. The second kappa shape index (κ2) is 4.53. The number of hydrogen-bond acceptors (Lipinski definition) is 3. The van der Waals surface area contributed by atoms with Crippen molar-refractivity contribution in [2.75, 3.05) is 6.54 Å². The summed E-state index contributed by atoms with van der Waals surface area (Å²) in [6, 6.07) is 2.67. The van der Waals surface area contributed by atoms with Crippen molar-refractivity contribution in [2.45, 2.75) is 0 Å². The van der Waals surface area contributed by atoms with Crippen molar-refractivity contribution in [3.8, 4) is 6.07 Å². The maximum absolute atomic E-state index is 12.7. The molecule has 72 valence electrons. The zero-order chi connectivity index (χ0) is 10.6. The molecule has 0 aromatic carbocycles. The largest absolute Gasteiger partial charge is 0.339 e. The van der Waals surface area contributed by atoms with Crippen molar-refractivity contribution < 1.29 is 9.18 Å². The van der Waals surface area contributed by atoms with Gasteiger partial charge in [-0.05, 0) is 6.07 Å². The van der Waals surface area contributed by atoms with Gasteiger partial charge in [-0.25, -0.2) is 9.37 Å². The SMILES string of the molecule is N#CCNC(=O)c1cc(F)cnc1Cl. The monoisotopic (exact) mass is 213 g/mol. The Morgan fingerprint density at radius 1 is 1.79 bits per heavy atom. The molecule has 1 aromatic heterocycles. The predicted molar refractivity (Wildman–Crippen MR) is 47.2 cm³/mol. The molecule has 1 aromatic rings. The molecule has 0 atom stereocenters. The normalized spacial score (nSPS) is 9.21. The van der Waals surface area contributed by atoms with E-state index in [9.17, 15) is 9.18 Å². The lowest BCUT2D eigenvalue weighted by Crippen LogP contribution is -2.24. The molecular formula is C8H5ClFN3O. The minimum atomic E-state index is -0.656. The van der Waals surface area contributed by atoms with Gasteiger partial charge in [-0.15, -0.1) is 0 Å². The number of nitrogens with one attached hydrogen (secondary N) is 1. The van der Waals surface area contributed by atoms with E-state index in [0.29, 0.717) is 0 Å². The van der Waals surface area contributed by atoms with Gasteiger partial charge < -0.3 is 5.32 Å². The third-order valence-electron chi connectivity index (χ3n) is 1.38. The van der Waals surface area contributed by atoms with Gasteiger partial charge in [0.2, 0.25) is 0 Å². The highest BCUT2D eigenvalue weighted by Gasteiger charge is 2.11. The Hall–Kier alpha value is -1.67. The average molecular weight is 214 g/mol. The number of nitrogens with zero attached hydrogens (tertiary/aromatic N) is 2. The Morgan fingerprint density at radius 2 is 2.50 bits per heavy atom. The molecular weight excluding hydrogens is 209 g/mol. The Labute approximate surface area is 84.3 Å². The molecule has 1 heterocycles. The minimum absolute atomic E-state index is 0.0816. The van der Waals surface area contributed by atoms with Gasteiger partial charge in [0.15, 0.2) is 0 Å². The Balaban J connectivity index is 2.90. The van der Waals surface area contributed by atoms with E-state index >= 15 is 0 Å². The number of pyridine rings is 1. The van der Waals surface area contributed by atoms with E-state index in [4.69, 9.17) is 16.9 Å². The first-order chi connectivity index (χ1) is 6.65. The van der Waals surface area contributed by atoms with E-state index in [2.05, 4.69) is 10.3 Å². The van der Waals surface area contributed by atoms with Crippen LogP contribution < -0.4 is 5.32 Å². The lowest BCUT2D eigenvalue weighted by molar-refractivity contribution is 0.0958. The molecule has 0 radical (unpaired) electrons. The summed E-state index contributed by atoms with van der Waals surface area (Å²) in [5, 5.41) is 10.3. The molecule has 0 bridgehead atoms. The average Bonchev–Trinajstić information content (AvgIpc) is 2.18. The molecule has 0 aliphatic carbocycles. The van der Waals surface area contributed by atoms with Gasteiger partial charge in [0.25, 0.3) is 5.91 Å². The lowest BCUT2D eigenvalue weighted by Gasteiger charge is -2.02. The number of hydrogen-bond donors (Lipinski definition) is 1. The fourth-order valence-corrected chi connectivity index (χ4v) is 0.986. The molecule has 0 unspecified atom stereocenters. The van der Waals surface area contributed by atoms with Gasteiger partial charge in [-0.2, -0.15) is 5.26 Å². The maximum Gasteiger partial charge on any atom is 0.255 e. The minimum Gasteiger partial charge on any atom is -0.339 e. The first-order valence-electron chi connectivity index (χ1n) is 3.61. The third kappa shape index (κ3) is 2.41. The van der Waals surface area contributed by atoms with Gasteiger partial charge in [0.05, 0.1) is 17.8 Å². The van der Waals surface area contributed by atoms with Crippen LogP contribution in [0.2, 0.25) is 5.15 Å². The van der Waals surface area contributed by atoms with Crippen LogP contribution in [0.3, 0.4) is 0 Å². The molecule has 0 saturated carbocycles. The second-order valence-corrected chi connectivity index (χ2v) is 2.69. The quantitative estimate of drug-likeness (QED) is 0.592. The van der Waals surface area contributed by atoms with Crippen LogP contribution in [-0.2, 0) is 0 Å². The van der Waals surface area contributed by atoms with Crippen LogP contribution in [-0.4, -0.2) is 17.4 Å². The van der Waals surface area contributed by atoms with Crippen LogP contribution >= 0.6 is 11.6 Å². The standard InChI is InChI=1S/C8H5ClFN3O/c9-7-6(3-5(10)4-13-7)8(14)12-2-1-11/h3-4H,2H2,(H,12,14). The number of nitriles is 1. The van der Waals surface area contributed by atoms with Crippen molar-refractivity contribution in [3.63, 3.8) is 0 Å². The topological polar surface area (TPSA) is 65.8 Å². The third-order valence-corrected chi connectivity index (χ3v) is 1.68. The smallest absolute Gasteiger partial charge is 0.255 e. The van der Waals surface area contributed by atoms with Crippen LogP contribution in [0.1, 0.15) is 10.4 Å². The highest BCUT2D eigenvalue weighted by molar-refractivity contribution is 6.32. The summed E-state index contributed by atoms with van der Waals surface area (Å²) in [6.07, 6.45) is 0.906. The van der Waals surface area contributed by atoms with Crippen LogP contribution in [0, 0.1) is 17.1 Å². The lowest BCUT2D eigenvalue weighted by atomic mass is 10.2. The fourth-order valence-electron chi connectivity index (χ4n) is 0.797. The van der Waals surface area contributed by atoms with Gasteiger partial charge in [-0.3, -0.25) is 4.79 Å². The van der Waals surface area contributed by atoms with Crippen LogP contribution in [0.25, 0.3) is 0 Å². The Bertz CT molecular complexity index is 402. The molecule has 1 rings (SSSR count). The molecule has 0 aliphatic heterocycles. The van der Waals surface area contributed by atoms with Crippen molar-refractivity contribution >= 4 is 17.5 Å². The molecule has 0 saturated heterocycles. The number of amides is 1. The zero-order valence-corrected chi connectivity index (χ0v) is 7.68. The summed E-state index contributed by atoms with van der Waals surface area (Å²) < 4.78 is 12.7. The van der Waals surface area contributed by atoms with E-state index in [0.717, 1.165) is 12.3 Å². The maximum atomic E-state index is 12.7. The Morgan fingerprint density at radius 3 is 3.14 bits per heavy atom. The first-order valence-corrected chi connectivity index (χ1v) is 3.99. The zero-order valence-electron chi connectivity index (χ0n) is 6.92. The fraction of sp³-hybridized carbons (Fsp3) is 0.125. The second-order valence-electron chi connectivity index (χ2n) is 2.33. The van der Waals surface area contributed by atoms with E-state index < -0.39 is 11.7 Å². The Kier molecular flexibility index (Phi) is 3.37. The molecule has 0 spiro atoms. The van der Waals surface area contributed by atoms with Crippen molar-refractivity contribution in [3.05, 3.63) is 28.8 Å². The number of halogens is 2. The van der Waals surface area contributed by atoms with Crippen molar-refractivity contribution in [1.29, 1.82) is 5.26 Å². The summed E-state index contributed by atoms with van der Waals surface area (Å²) >= 11 is 5.55. The van der Waals surface area contributed by atoms with E-state index in [-0.39, 0.29) is 17.3 Å². The van der Waals surface area contributed by atoms with Crippen LogP contribution in [0.4, 0.5) is 4.39 Å². The summed E-state index contributed by atoms with van der Waals surface area (Å²) in [5.41, 5.74) is -0.0816. The molecule has 1 N–H and O–H groups in total. The number of rotatable bonds is 2. The van der Waals surface area contributed by atoms with E-state index in [1.807, 2.05) is 0 Å². The van der Waals surface area contributed by atoms with Crippen LogP contribution in [0.5, 0.6) is 0 Å². The number of aromatic nitrogens is 1. The molecule has 0 aliphatic rings. The molecule has 1 amide bonds. The van der Waals surface area contributed by atoms with Gasteiger partial charge in [0.1, 0.15) is 17.5 Å². The summed E-state index contributed by atoms with van der Waals surface area (Å²) in [6.45, 7) is -0.161. The van der Waals surface area contributed by atoms with Gasteiger partial charge in [0, 0.05) is 0 Å². The molecule has 0 fully saturated rings. The highest BCUT2D eigenvalue weighted by atomic mass is 35.5. The van der Waals surface area contributed by atoms with Gasteiger partial charge >= 0.3 is 0 Å². The molecule has 14 heavy (non-hydrogen) atoms. The van der Waals surface area contributed by atoms with E-state index in [1.54, 1.807) is 6.07 Å². The summed E-state index contributed by atoms with van der Waals surface area (Å²) in [5.74, 6) is -1.28. The highest BCUT2D eigenvalue weighted by Crippen LogP contribution is 2.13. The summed E-state index contributed by atoms with van der Waals surface area (Å²) in [4.78, 5) is 14.7. The van der Waals surface area contributed by atoms with Crippen molar-refractivity contribution in [2.24, 2.45) is 0 Å².